The zero-order valence-electron chi connectivity index (χ0n) is 16.3. The molecule has 1 radical (unpaired) electrons. The van der Waals surface area contributed by atoms with Crippen LogP contribution in [0.5, 0.6) is 17.2 Å². The van der Waals surface area contributed by atoms with Crippen LogP contribution in [0.2, 0.25) is 0 Å². The Balaban J connectivity index is 2.14. The molecule has 0 aliphatic rings. The number of carboxylic acid groups (broad SMARTS) is 2. The van der Waals surface area contributed by atoms with Crippen molar-refractivity contribution in [1.82, 2.24) is 11.1 Å². The van der Waals surface area contributed by atoms with Gasteiger partial charge in [0.05, 0.1) is 10.7 Å². The van der Waals surface area contributed by atoms with Crippen molar-refractivity contribution in [3.63, 3.8) is 0 Å². The van der Waals surface area contributed by atoms with Crippen molar-refractivity contribution in [3.8, 4) is 17.2 Å². The highest BCUT2D eigenvalue weighted by Crippen LogP contribution is 2.35. The Morgan fingerprint density at radius 1 is 1.03 bits per heavy atom. The summed E-state index contributed by atoms with van der Waals surface area (Å²) in [5, 5.41) is 30.1. The normalized spacial score (nSPS) is 12.6. The number of aliphatic carboxylic acids is 2. The average Bonchev–Trinajstić information content (AvgIpc) is 2.70. The minimum atomic E-state index is -1.36. The highest BCUT2D eigenvalue weighted by atomic mass is 127. The van der Waals surface area contributed by atoms with E-state index < -0.39 is 29.9 Å². The van der Waals surface area contributed by atoms with Gasteiger partial charge in [0.2, 0.25) is 5.91 Å². The number of hydrogen-bond acceptors (Lipinski definition) is 5. The van der Waals surface area contributed by atoms with E-state index in [4.69, 9.17) is 15.6 Å². The Hall–Kier alpha value is -1.40. The Morgan fingerprint density at radius 2 is 1.66 bits per heavy atom. The maximum atomic E-state index is 12.1. The fourth-order valence-electron chi connectivity index (χ4n) is 2.60. The van der Waals surface area contributed by atoms with Gasteiger partial charge in [0.25, 0.3) is 0 Å². The minimum Gasteiger partial charge on any atom is -0.507 e. The summed E-state index contributed by atoms with van der Waals surface area (Å²) in [5.74, 6) is -1.95. The summed E-state index contributed by atoms with van der Waals surface area (Å²) in [6.07, 6.45) is -0.571. The molecule has 2 aromatic carbocycles. The first-order valence-electron chi connectivity index (χ1n) is 9.08. The van der Waals surface area contributed by atoms with Crippen molar-refractivity contribution < 1.29 is 34.4 Å². The van der Waals surface area contributed by atoms with Crippen LogP contribution in [0.25, 0.3) is 0 Å². The van der Waals surface area contributed by atoms with Gasteiger partial charge in [0, 0.05) is 12.8 Å². The predicted octanol–water partition coefficient (Wildman–Crippen LogP) is 3.63. The van der Waals surface area contributed by atoms with Crippen molar-refractivity contribution in [3.05, 3.63) is 46.6 Å². The molecule has 5 N–H and O–H groups in total. The van der Waals surface area contributed by atoms with Crippen LogP contribution in [0.15, 0.2) is 30.3 Å². The van der Waals surface area contributed by atoms with Crippen LogP contribution in [-0.4, -0.2) is 45.2 Å². The van der Waals surface area contributed by atoms with Gasteiger partial charge in [0.1, 0.15) is 23.6 Å². The highest BCUT2D eigenvalue weighted by molar-refractivity contribution is 14.1. The highest BCUT2D eigenvalue weighted by Gasteiger charge is 2.25. The van der Waals surface area contributed by atoms with E-state index in [-0.39, 0.29) is 25.0 Å². The Morgan fingerprint density at radius 3 is 2.19 bits per heavy atom. The summed E-state index contributed by atoms with van der Waals surface area (Å²) in [4.78, 5) is 34.4. The van der Waals surface area contributed by atoms with Gasteiger partial charge in [-0.25, -0.2) is 10.5 Å². The van der Waals surface area contributed by atoms with Gasteiger partial charge in [-0.1, -0.05) is 0 Å². The zero-order valence-corrected chi connectivity index (χ0v) is 22.7. The van der Waals surface area contributed by atoms with Crippen molar-refractivity contribution in [1.29, 1.82) is 0 Å². The van der Waals surface area contributed by atoms with Crippen molar-refractivity contribution in [2.75, 3.05) is 0 Å². The van der Waals surface area contributed by atoms with E-state index in [0.717, 1.165) is 7.14 Å². The first-order valence-corrected chi connectivity index (χ1v) is 12.3. The number of halogens is 3. The van der Waals surface area contributed by atoms with Crippen LogP contribution in [0, 0.1) is 10.7 Å². The number of ether oxygens (including phenoxy) is 1. The lowest BCUT2D eigenvalue weighted by Crippen LogP contribution is -2.47. The number of carboxylic acids is 2. The van der Waals surface area contributed by atoms with Gasteiger partial charge in [-0.05, 0) is 110 Å². The monoisotopic (exact) mass is 779 g/mol. The molecular formula is C20H18I3N2O7. The fourth-order valence-corrected chi connectivity index (χ4v) is 5.21. The molecule has 0 saturated heterocycles. The molecule has 0 aliphatic heterocycles. The summed E-state index contributed by atoms with van der Waals surface area (Å²) in [7, 11) is 0. The maximum absolute atomic E-state index is 12.1. The summed E-state index contributed by atoms with van der Waals surface area (Å²) in [6, 6.07) is 5.71. The topological polar surface area (TPSA) is 157 Å². The summed E-state index contributed by atoms with van der Waals surface area (Å²) < 4.78 is 8.02. The number of rotatable bonds is 10. The third-order valence-corrected chi connectivity index (χ3v) is 6.68. The third kappa shape index (κ3) is 7.87. The molecule has 171 valence electrons. The molecular weight excluding hydrogens is 761 g/mol. The average molecular weight is 779 g/mol. The molecule has 12 heteroatoms. The molecule has 0 spiro atoms. The first kappa shape index (κ1) is 26.8. The number of hydrogen-bond donors (Lipinski definition) is 4. The standard InChI is InChI=1S/C20H18I3N2O7/c21-11-8-10(1-3-16(11)26)32-18-12(22)5-9(6-13(18)23)7-15(20(30)31)25-19(29)14(24)2-4-17(27)28/h1,3,5-6,8,14-15,24,26H,2,4,7H2,(H,25,29)(H,27,28)(H,30,31)/t14-,15-/m0/s1. The second kappa shape index (κ2) is 12.2. The second-order valence-electron chi connectivity index (χ2n) is 6.69. The van der Waals surface area contributed by atoms with E-state index >= 15 is 0 Å². The first-order chi connectivity index (χ1) is 15.0. The third-order valence-electron chi connectivity index (χ3n) is 4.21. The number of carbonyl (C=O) groups is 3. The number of carbonyl (C=O) groups excluding carboxylic acids is 1. The molecule has 2 atom stereocenters. The smallest absolute Gasteiger partial charge is 0.326 e. The van der Waals surface area contributed by atoms with Gasteiger partial charge in [-0.3, -0.25) is 9.59 Å². The Labute approximate surface area is 224 Å². The van der Waals surface area contributed by atoms with E-state index in [1.54, 1.807) is 24.3 Å². The van der Waals surface area contributed by atoms with Gasteiger partial charge >= 0.3 is 11.9 Å². The molecule has 0 bridgehead atoms. The molecule has 0 heterocycles. The molecule has 0 unspecified atom stereocenters. The van der Waals surface area contributed by atoms with Crippen LogP contribution in [0.4, 0.5) is 0 Å². The van der Waals surface area contributed by atoms with Gasteiger partial charge in [-0.2, -0.15) is 0 Å². The largest absolute Gasteiger partial charge is 0.507 e. The fraction of sp³-hybridized carbons (Fsp3) is 0.250. The molecule has 1 amide bonds. The molecule has 32 heavy (non-hydrogen) atoms. The quantitative estimate of drug-likeness (QED) is 0.269. The van der Waals surface area contributed by atoms with E-state index in [1.165, 1.54) is 6.07 Å². The second-order valence-corrected chi connectivity index (χ2v) is 10.2. The van der Waals surface area contributed by atoms with E-state index in [2.05, 4.69) is 50.5 Å². The number of benzene rings is 2. The number of phenols is 1. The van der Waals surface area contributed by atoms with Crippen molar-refractivity contribution in [2.45, 2.75) is 31.3 Å². The molecule has 0 aliphatic carbocycles. The molecule has 2 aromatic rings. The lowest BCUT2D eigenvalue weighted by molar-refractivity contribution is -0.142. The minimum absolute atomic E-state index is 0.0177. The van der Waals surface area contributed by atoms with Gasteiger partial charge < -0.3 is 25.4 Å². The number of nitrogens with one attached hydrogen (secondary N) is 2. The lowest BCUT2D eigenvalue weighted by Gasteiger charge is -2.18. The van der Waals surface area contributed by atoms with Crippen LogP contribution >= 0.6 is 67.8 Å². The van der Waals surface area contributed by atoms with Crippen molar-refractivity contribution in [2.24, 2.45) is 0 Å². The molecule has 2 rings (SSSR count). The van der Waals surface area contributed by atoms with Crippen LogP contribution in [0.3, 0.4) is 0 Å². The molecule has 0 aromatic heterocycles. The molecule has 9 nitrogen and oxygen atoms in total. The predicted molar refractivity (Wildman–Crippen MR) is 140 cm³/mol. The SMILES string of the molecule is [NH][C@@H](CCC(=O)O)C(=O)N[C@@H](Cc1cc(I)c(Oc2ccc(O)c(I)c2)c(I)c1)C(=O)O. The number of aromatic hydroxyl groups is 1. The molecule has 0 saturated carbocycles. The van der Waals surface area contributed by atoms with Crippen LogP contribution in [0.1, 0.15) is 18.4 Å². The van der Waals surface area contributed by atoms with E-state index in [1.807, 2.05) is 22.6 Å². The van der Waals surface area contributed by atoms with Gasteiger partial charge in [-0.15, -0.1) is 0 Å². The summed E-state index contributed by atoms with van der Waals surface area (Å²) in [6.45, 7) is 0. The lowest BCUT2D eigenvalue weighted by atomic mass is 10.0. The zero-order chi connectivity index (χ0) is 24.0. The Bertz CT molecular complexity index is 1010. The number of phenolic OH excluding ortho intramolecular Hbond substituents is 1. The van der Waals surface area contributed by atoms with Crippen molar-refractivity contribution >= 4 is 85.6 Å². The maximum Gasteiger partial charge on any atom is 0.326 e. The Kier molecular flexibility index (Phi) is 10.2. The summed E-state index contributed by atoms with van der Waals surface area (Å²) >= 11 is 6.13. The number of amides is 1. The van der Waals surface area contributed by atoms with Crippen LogP contribution < -0.4 is 15.8 Å². The van der Waals surface area contributed by atoms with Crippen LogP contribution in [-0.2, 0) is 20.8 Å². The molecule has 0 fully saturated rings. The van der Waals surface area contributed by atoms with E-state index in [0.29, 0.717) is 20.6 Å². The van der Waals surface area contributed by atoms with E-state index in [9.17, 15) is 24.6 Å². The van der Waals surface area contributed by atoms with Gasteiger partial charge in [0.15, 0.2) is 5.75 Å². The summed E-state index contributed by atoms with van der Waals surface area (Å²) in [5.41, 5.74) is 8.36.